The number of Topliss-reactive ketones (excluding diaryl/α,β-unsaturated/α-hetero) is 1. The van der Waals surface area contributed by atoms with Crippen LogP contribution in [0.3, 0.4) is 0 Å². The topological polar surface area (TPSA) is 72.8 Å². The molecule has 0 amide bonds. The van der Waals surface area contributed by atoms with Gasteiger partial charge in [-0.05, 0) is 52.8 Å². The van der Waals surface area contributed by atoms with Crippen LogP contribution in [0.5, 0.6) is 0 Å². The Kier molecular flexibility index (Phi) is 4.50. The minimum Gasteiger partial charge on any atom is -0.481 e. The standard InChI is InChI=1S/C15H25BO5/c1-14(2)15(3,4)21-16(20-14)8-7-10-5-6-11(13(18)19)12(17)9-10/h10-11H,5-9H2,1-4H3,(H,18,19)/t10-,11?/m0/s1. The van der Waals surface area contributed by atoms with E-state index in [4.69, 9.17) is 14.4 Å². The van der Waals surface area contributed by atoms with Gasteiger partial charge in [0, 0.05) is 6.42 Å². The van der Waals surface area contributed by atoms with E-state index in [1.165, 1.54) is 0 Å². The second-order valence-electron chi connectivity index (χ2n) is 7.27. The van der Waals surface area contributed by atoms with Crippen molar-refractivity contribution in [2.75, 3.05) is 0 Å². The summed E-state index contributed by atoms with van der Waals surface area (Å²) in [5.41, 5.74) is -0.650. The Morgan fingerprint density at radius 3 is 2.29 bits per heavy atom. The molecule has 2 atom stereocenters. The first kappa shape index (κ1) is 16.5. The molecule has 0 radical (unpaired) electrons. The molecule has 1 saturated heterocycles. The summed E-state index contributed by atoms with van der Waals surface area (Å²) in [7, 11) is -0.234. The number of rotatable bonds is 4. The van der Waals surface area contributed by atoms with Crippen molar-refractivity contribution in [2.45, 2.75) is 70.9 Å². The van der Waals surface area contributed by atoms with Gasteiger partial charge < -0.3 is 14.4 Å². The van der Waals surface area contributed by atoms with Crippen molar-refractivity contribution in [2.24, 2.45) is 11.8 Å². The molecule has 21 heavy (non-hydrogen) atoms. The van der Waals surface area contributed by atoms with E-state index in [2.05, 4.69) is 0 Å². The Balaban J connectivity index is 1.81. The fourth-order valence-electron chi connectivity index (χ4n) is 3.05. The summed E-state index contributed by atoms with van der Waals surface area (Å²) in [4.78, 5) is 22.7. The molecule has 0 spiro atoms. The van der Waals surface area contributed by atoms with E-state index in [0.717, 1.165) is 19.2 Å². The zero-order valence-corrected chi connectivity index (χ0v) is 13.3. The molecule has 2 aliphatic rings. The average Bonchev–Trinajstić information content (AvgIpc) is 2.55. The second-order valence-corrected chi connectivity index (χ2v) is 7.27. The van der Waals surface area contributed by atoms with Crippen molar-refractivity contribution >= 4 is 18.9 Å². The molecule has 2 rings (SSSR count). The van der Waals surface area contributed by atoms with E-state index >= 15 is 0 Å². The highest BCUT2D eigenvalue weighted by atomic mass is 16.7. The van der Waals surface area contributed by atoms with Gasteiger partial charge in [-0.25, -0.2) is 0 Å². The maximum atomic E-state index is 11.8. The number of carbonyl (C=O) groups is 2. The zero-order valence-electron chi connectivity index (χ0n) is 13.3. The second kappa shape index (κ2) is 5.73. The number of aliphatic carboxylic acids is 1. The van der Waals surface area contributed by atoms with Crippen molar-refractivity contribution in [3.8, 4) is 0 Å². The Morgan fingerprint density at radius 2 is 1.81 bits per heavy atom. The summed E-state index contributed by atoms with van der Waals surface area (Å²) < 4.78 is 11.9. The van der Waals surface area contributed by atoms with Crippen LogP contribution >= 0.6 is 0 Å². The molecule has 6 heteroatoms. The van der Waals surface area contributed by atoms with Crippen molar-refractivity contribution in [3.05, 3.63) is 0 Å². The molecule has 0 aromatic heterocycles. The number of hydrogen-bond acceptors (Lipinski definition) is 4. The lowest BCUT2D eigenvalue weighted by molar-refractivity contribution is -0.148. The molecule has 1 aliphatic heterocycles. The van der Waals surface area contributed by atoms with Crippen LogP contribution in [0.1, 0.15) is 53.4 Å². The average molecular weight is 296 g/mol. The predicted octanol–water partition coefficient (Wildman–Crippen LogP) is 2.54. The first-order chi connectivity index (χ1) is 9.62. The van der Waals surface area contributed by atoms with Crippen molar-refractivity contribution in [1.29, 1.82) is 0 Å². The third kappa shape index (κ3) is 3.48. The van der Waals surface area contributed by atoms with Gasteiger partial charge in [-0.15, -0.1) is 0 Å². The molecular formula is C15H25BO5. The molecule has 1 aliphatic carbocycles. The molecule has 2 fully saturated rings. The van der Waals surface area contributed by atoms with Crippen LogP contribution in [0.25, 0.3) is 0 Å². The summed E-state index contributed by atoms with van der Waals surface area (Å²) in [5, 5.41) is 8.95. The lowest BCUT2D eigenvalue weighted by Gasteiger charge is -2.32. The monoisotopic (exact) mass is 296 g/mol. The van der Waals surface area contributed by atoms with Crippen LogP contribution in [0.4, 0.5) is 0 Å². The first-order valence-electron chi connectivity index (χ1n) is 7.73. The molecule has 0 bridgehead atoms. The van der Waals surface area contributed by atoms with Gasteiger partial charge in [-0.3, -0.25) is 9.59 Å². The van der Waals surface area contributed by atoms with E-state index in [1.807, 2.05) is 27.7 Å². The summed E-state index contributed by atoms with van der Waals surface area (Å²) in [6.07, 6.45) is 3.22. The molecule has 118 valence electrons. The predicted molar refractivity (Wildman–Crippen MR) is 79.0 cm³/mol. The first-order valence-corrected chi connectivity index (χ1v) is 7.73. The highest BCUT2D eigenvalue weighted by Gasteiger charge is 2.50. The number of ketones is 1. The lowest BCUT2D eigenvalue weighted by atomic mass is 9.73. The highest BCUT2D eigenvalue weighted by Crippen LogP contribution is 2.39. The molecule has 1 heterocycles. The van der Waals surface area contributed by atoms with E-state index in [-0.39, 0.29) is 30.0 Å². The van der Waals surface area contributed by atoms with Crippen LogP contribution in [0.15, 0.2) is 0 Å². The molecule has 0 aromatic rings. The number of carbonyl (C=O) groups excluding carboxylic acids is 1. The minimum atomic E-state index is -0.982. The van der Waals surface area contributed by atoms with Crippen molar-refractivity contribution in [1.82, 2.24) is 0 Å². The molecule has 1 N–H and O–H groups in total. The Bertz CT molecular complexity index is 416. The number of hydrogen-bond donors (Lipinski definition) is 1. The largest absolute Gasteiger partial charge is 0.481 e. The molecule has 1 unspecified atom stereocenters. The summed E-state index contributed by atoms with van der Waals surface area (Å²) in [6, 6.07) is 0. The fraction of sp³-hybridized carbons (Fsp3) is 0.867. The van der Waals surface area contributed by atoms with Crippen LogP contribution in [-0.2, 0) is 18.9 Å². The van der Waals surface area contributed by atoms with Crippen LogP contribution < -0.4 is 0 Å². The van der Waals surface area contributed by atoms with Gasteiger partial charge in [0.05, 0.1) is 11.2 Å². The minimum absolute atomic E-state index is 0.132. The maximum absolute atomic E-state index is 11.8. The molecule has 5 nitrogen and oxygen atoms in total. The van der Waals surface area contributed by atoms with Gasteiger partial charge in [-0.1, -0.05) is 6.42 Å². The van der Waals surface area contributed by atoms with Gasteiger partial charge in [0.25, 0.3) is 0 Å². The highest BCUT2D eigenvalue weighted by molar-refractivity contribution is 6.45. The Labute approximate surface area is 126 Å². The normalized spacial score (nSPS) is 31.4. The van der Waals surface area contributed by atoms with Gasteiger partial charge in [0.1, 0.15) is 11.7 Å². The fourth-order valence-corrected chi connectivity index (χ4v) is 3.05. The lowest BCUT2D eigenvalue weighted by Crippen LogP contribution is -2.41. The van der Waals surface area contributed by atoms with Gasteiger partial charge >= 0.3 is 13.1 Å². The van der Waals surface area contributed by atoms with Crippen molar-refractivity contribution < 1.29 is 24.0 Å². The molecular weight excluding hydrogens is 271 g/mol. The number of carboxylic acid groups (broad SMARTS) is 1. The third-order valence-electron chi connectivity index (χ3n) is 5.15. The Hall–Kier alpha value is -0.875. The molecule has 0 aromatic carbocycles. The van der Waals surface area contributed by atoms with Crippen LogP contribution in [-0.4, -0.2) is 35.2 Å². The SMILES string of the molecule is CC1(C)OB(CC[C@@H]2CCC(C(=O)O)C(=O)C2)OC1(C)C. The van der Waals surface area contributed by atoms with E-state index < -0.39 is 11.9 Å². The smallest absolute Gasteiger partial charge is 0.457 e. The quantitative estimate of drug-likeness (QED) is 0.637. The van der Waals surface area contributed by atoms with Gasteiger partial charge in [0.2, 0.25) is 0 Å². The van der Waals surface area contributed by atoms with Crippen molar-refractivity contribution in [3.63, 3.8) is 0 Å². The zero-order chi connectivity index (χ0) is 15.8. The number of carboxylic acids is 1. The van der Waals surface area contributed by atoms with Crippen LogP contribution in [0, 0.1) is 11.8 Å². The van der Waals surface area contributed by atoms with E-state index in [1.54, 1.807) is 0 Å². The van der Waals surface area contributed by atoms with Gasteiger partial charge in [-0.2, -0.15) is 0 Å². The maximum Gasteiger partial charge on any atom is 0.457 e. The molecule has 1 saturated carbocycles. The van der Waals surface area contributed by atoms with Gasteiger partial charge in [0.15, 0.2) is 0 Å². The van der Waals surface area contributed by atoms with E-state index in [9.17, 15) is 9.59 Å². The summed E-state index contributed by atoms with van der Waals surface area (Å²) in [6.45, 7) is 8.09. The van der Waals surface area contributed by atoms with Crippen LogP contribution in [0.2, 0.25) is 6.32 Å². The summed E-state index contributed by atoms with van der Waals surface area (Å²) in [5.74, 6) is -1.65. The third-order valence-corrected chi connectivity index (χ3v) is 5.15. The van der Waals surface area contributed by atoms with E-state index in [0.29, 0.717) is 12.8 Å². The summed E-state index contributed by atoms with van der Waals surface area (Å²) >= 11 is 0. The Morgan fingerprint density at radius 1 is 1.24 bits per heavy atom.